The van der Waals surface area contributed by atoms with Gasteiger partial charge in [-0.25, -0.2) is 4.39 Å². The van der Waals surface area contributed by atoms with E-state index in [9.17, 15) is 4.39 Å². The maximum atomic E-state index is 13.0. The van der Waals surface area contributed by atoms with Crippen LogP contribution in [0.25, 0.3) is 0 Å². The average Bonchev–Trinajstić information content (AvgIpc) is 2.58. The zero-order chi connectivity index (χ0) is 18.1. The van der Waals surface area contributed by atoms with Crippen molar-refractivity contribution in [3.8, 4) is 5.75 Å². The minimum absolute atomic E-state index is 0.249. The predicted molar refractivity (Wildman–Crippen MR) is 99.6 cm³/mol. The van der Waals surface area contributed by atoms with Crippen molar-refractivity contribution in [1.82, 2.24) is 5.32 Å². The summed E-state index contributed by atoms with van der Waals surface area (Å²) >= 11 is 6.10. The molecule has 0 heterocycles. The third kappa shape index (κ3) is 7.43. The lowest BCUT2D eigenvalue weighted by atomic mass is 10.2. The Morgan fingerprint density at radius 2 is 1.88 bits per heavy atom. The highest BCUT2D eigenvalue weighted by Gasteiger charge is 2.06. The summed E-state index contributed by atoms with van der Waals surface area (Å²) in [5.41, 5.74) is 1.92. The van der Waals surface area contributed by atoms with Crippen LogP contribution in [0, 0.1) is 5.82 Å². The molecule has 0 spiro atoms. The second-order valence-electron chi connectivity index (χ2n) is 6.12. The SMILES string of the molecule is CC(C)OCCCNCc1cc(Cl)ccc1OCc1ccc(F)cc1. The summed E-state index contributed by atoms with van der Waals surface area (Å²) in [6.07, 6.45) is 1.21. The largest absolute Gasteiger partial charge is 0.489 e. The van der Waals surface area contributed by atoms with Crippen molar-refractivity contribution in [2.45, 2.75) is 39.5 Å². The quantitative estimate of drug-likeness (QED) is 0.603. The Kier molecular flexibility index (Phi) is 8.19. The molecule has 0 saturated carbocycles. The smallest absolute Gasteiger partial charge is 0.124 e. The number of benzene rings is 2. The molecule has 0 amide bonds. The van der Waals surface area contributed by atoms with Gasteiger partial charge < -0.3 is 14.8 Å². The molecule has 2 aromatic rings. The first-order valence-electron chi connectivity index (χ1n) is 8.52. The van der Waals surface area contributed by atoms with Gasteiger partial charge in [0.2, 0.25) is 0 Å². The van der Waals surface area contributed by atoms with Crippen LogP contribution in [0.4, 0.5) is 4.39 Å². The highest BCUT2D eigenvalue weighted by molar-refractivity contribution is 6.30. The van der Waals surface area contributed by atoms with E-state index in [-0.39, 0.29) is 11.9 Å². The van der Waals surface area contributed by atoms with Gasteiger partial charge in [0.15, 0.2) is 0 Å². The first-order valence-corrected chi connectivity index (χ1v) is 8.90. The lowest BCUT2D eigenvalue weighted by molar-refractivity contribution is 0.0770. The van der Waals surface area contributed by atoms with E-state index < -0.39 is 0 Å². The third-order valence-corrected chi connectivity index (χ3v) is 3.83. The van der Waals surface area contributed by atoms with Gasteiger partial charge >= 0.3 is 0 Å². The molecule has 136 valence electrons. The Labute approximate surface area is 154 Å². The van der Waals surface area contributed by atoms with Crippen LogP contribution in [0.1, 0.15) is 31.4 Å². The summed E-state index contributed by atoms with van der Waals surface area (Å²) in [5.74, 6) is 0.529. The van der Waals surface area contributed by atoms with Gasteiger partial charge in [-0.1, -0.05) is 23.7 Å². The van der Waals surface area contributed by atoms with E-state index in [1.165, 1.54) is 12.1 Å². The number of nitrogens with one attached hydrogen (secondary N) is 1. The van der Waals surface area contributed by atoms with Crippen molar-refractivity contribution >= 4 is 11.6 Å². The Bertz CT molecular complexity index is 647. The van der Waals surface area contributed by atoms with Gasteiger partial charge in [0.1, 0.15) is 18.2 Å². The summed E-state index contributed by atoms with van der Waals surface area (Å²) in [7, 11) is 0. The van der Waals surface area contributed by atoms with Crippen molar-refractivity contribution < 1.29 is 13.9 Å². The Morgan fingerprint density at radius 1 is 1.12 bits per heavy atom. The topological polar surface area (TPSA) is 30.5 Å². The summed E-state index contributed by atoms with van der Waals surface area (Å²) in [6, 6.07) is 11.9. The van der Waals surface area contributed by atoms with Crippen molar-refractivity contribution in [3.63, 3.8) is 0 Å². The fraction of sp³-hybridized carbons (Fsp3) is 0.400. The van der Waals surface area contributed by atoms with Crippen LogP contribution in [0.15, 0.2) is 42.5 Å². The molecule has 3 nitrogen and oxygen atoms in total. The first-order chi connectivity index (χ1) is 12.0. The van der Waals surface area contributed by atoms with Gasteiger partial charge in [-0.2, -0.15) is 0 Å². The van der Waals surface area contributed by atoms with Gasteiger partial charge in [-0.05, 0) is 62.7 Å². The maximum Gasteiger partial charge on any atom is 0.124 e. The lowest BCUT2D eigenvalue weighted by Gasteiger charge is -2.13. The van der Waals surface area contributed by atoms with Crippen LogP contribution < -0.4 is 10.1 Å². The second kappa shape index (κ2) is 10.4. The van der Waals surface area contributed by atoms with E-state index in [0.29, 0.717) is 18.2 Å². The molecule has 5 heteroatoms. The van der Waals surface area contributed by atoms with E-state index >= 15 is 0 Å². The number of ether oxygens (including phenoxy) is 2. The van der Waals surface area contributed by atoms with Gasteiger partial charge in [0.25, 0.3) is 0 Å². The summed E-state index contributed by atoms with van der Waals surface area (Å²) in [6.45, 7) is 6.72. The lowest BCUT2D eigenvalue weighted by Crippen LogP contribution is -2.18. The Balaban J connectivity index is 1.85. The highest BCUT2D eigenvalue weighted by Crippen LogP contribution is 2.24. The molecule has 2 rings (SSSR count). The Morgan fingerprint density at radius 3 is 2.60 bits per heavy atom. The van der Waals surface area contributed by atoms with Crippen LogP contribution in [-0.4, -0.2) is 19.3 Å². The summed E-state index contributed by atoms with van der Waals surface area (Å²) < 4.78 is 24.4. The second-order valence-corrected chi connectivity index (χ2v) is 6.55. The minimum Gasteiger partial charge on any atom is -0.489 e. The number of halogens is 2. The summed E-state index contributed by atoms with van der Waals surface area (Å²) in [4.78, 5) is 0. The van der Waals surface area contributed by atoms with E-state index in [0.717, 1.165) is 36.4 Å². The molecule has 0 aliphatic heterocycles. The number of hydrogen-bond acceptors (Lipinski definition) is 3. The van der Waals surface area contributed by atoms with Crippen LogP contribution in [0.3, 0.4) is 0 Å². The molecular weight excluding hydrogens is 341 g/mol. The van der Waals surface area contributed by atoms with Crippen molar-refractivity contribution in [3.05, 3.63) is 64.4 Å². The van der Waals surface area contributed by atoms with Gasteiger partial charge in [-0.3, -0.25) is 0 Å². The number of hydrogen-bond donors (Lipinski definition) is 1. The monoisotopic (exact) mass is 365 g/mol. The third-order valence-electron chi connectivity index (χ3n) is 3.59. The van der Waals surface area contributed by atoms with Gasteiger partial charge in [-0.15, -0.1) is 0 Å². The van der Waals surface area contributed by atoms with Crippen molar-refractivity contribution in [2.24, 2.45) is 0 Å². The first kappa shape index (κ1) is 19.7. The zero-order valence-corrected chi connectivity index (χ0v) is 15.5. The molecule has 0 radical (unpaired) electrons. The normalized spacial score (nSPS) is 11.1. The highest BCUT2D eigenvalue weighted by atomic mass is 35.5. The summed E-state index contributed by atoms with van der Waals surface area (Å²) in [5, 5.41) is 4.06. The van der Waals surface area contributed by atoms with Crippen molar-refractivity contribution in [2.75, 3.05) is 13.2 Å². The van der Waals surface area contributed by atoms with Crippen LogP contribution in [0.5, 0.6) is 5.75 Å². The van der Waals surface area contributed by atoms with Crippen molar-refractivity contribution in [1.29, 1.82) is 0 Å². The fourth-order valence-corrected chi connectivity index (χ4v) is 2.50. The zero-order valence-electron chi connectivity index (χ0n) is 14.7. The molecule has 0 aliphatic carbocycles. The standard InChI is InChI=1S/C20H25ClFNO2/c1-15(2)24-11-3-10-23-13-17-12-18(21)6-9-20(17)25-14-16-4-7-19(22)8-5-16/h4-9,12,15,23H,3,10-11,13-14H2,1-2H3. The molecular formula is C20H25ClFNO2. The maximum absolute atomic E-state index is 13.0. The van der Waals surface area contributed by atoms with E-state index in [1.54, 1.807) is 12.1 Å². The van der Waals surface area contributed by atoms with Gasteiger partial charge in [0.05, 0.1) is 6.10 Å². The van der Waals surface area contributed by atoms with E-state index in [4.69, 9.17) is 21.1 Å². The van der Waals surface area contributed by atoms with Gasteiger partial charge in [0, 0.05) is 23.7 Å². The molecule has 0 aromatic heterocycles. The molecule has 0 fully saturated rings. The molecule has 0 unspecified atom stereocenters. The van der Waals surface area contributed by atoms with Crippen LogP contribution in [-0.2, 0) is 17.9 Å². The Hall–Kier alpha value is -1.62. The van der Waals surface area contributed by atoms with E-state index in [2.05, 4.69) is 5.32 Å². The molecule has 25 heavy (non-hydrogen) atoms. The predicted octanol–water partition coefficient (Wildman–Crippen LogP) is 4.96. The molecule has 2 aromatic carbocycles. The molecule has 0 atom stereocenters. The van der Waals surface area contributed by atoms with E-state index in [1.807, 2.05) is 32.0 Å². The average molecular weight is 366 g/mol. The minimum atomic E-state index is -0.249. The molecule has 0 bridgehead atoms. The molecule has 0 aliphatic rings. The van der Waals surface area contributed by atoms with Crippen LogP contribution in [0.2, 0.25) is 5.02 Å². The fourth-order valence-electron chi connectivity index (χ4n) is 2.31. The van der Waals surface area contributed by atoms with Crippen LogP contribution >= 0.6 is 11.6 Å². The molecule has 0 saturated heterocycles. The molecule has 1 N–H and O–H groups in total. The number of rotatable bonds is 10.